The molecule has 2 aliphatic heterocycles. The van der Waals surface area contributed by atoms with Gasteiger partial charge in [0.2, 0.25) is 5.91 Å². The third kappa shape index (κ3) is 9.75. The predicted molar refractivity (Wildman–Crippen MR) is 231 cm³/mol. The third-order valence-electron chi connectivity index (χ3n) is 12.8. The number of nitrogens with zero attached hydrogens (tertiary/aromatic N) is 2. The number of carbonyl (C=O) groups excluding carboxylic acids is 5. The average Bonchev–Trinajstić information content (AvgIpc) is 3.86. The number of nitrogens with one attached hydrogen (secondary N) is 1. The molecule has 2 N–H and O–H groups in total. The minimum Gasteiger partial charge on any atom is -0.540 e. The summed E-state index contributed by atoms with van der Waals surface area (Å²) < 4.78 is 23.9. The number of ether oxygens (including phenoxy) is 3. The highest BCUT2D eigenvalue weighted by Gasteiger charge is 2.58. The Morgan fingerprint density at radius 3 is 2.10 bits per heavy atom. The number of Topliss-reactive ketones (excluding diaryl/α,β-unsaturated/α-hetero) is 1. The van der Waals surface area contributed by atoms with Crippen molar-refractivity contribution in [1.82, 2.24) is 10.2 Å². The Morgan fingerprint density at radius 1 is 0.933 bits per heavy atom. The van der Waals surface area contributed by atoms with E-state index in [1.807, 2.05) is 13.8 Å². The number of carbonyl (C=O) groups is 5. The number of fused-ring (bicyclic) bond motifs is 2. The van der Waals surface area contributed by atoms with Crippen LogP contribution in [0.2, 0.25) is 16.6 Å². The Morgan fingerprint density at radius 2 is 1.55 bits per heavy atom. The van der Waals surface area contributed by atoms with Crippen LogP contribution in [0.25, 0.3) is 0 Å². The summed E-state index contributed by atoms with van der Waals surface area (Å²) in [6.45, 7) is 22.3. The van der Waals surface area contributed by atoms with Crippen LogP contribution in [0.4, 0.5) is 10.5 Å². The summed E-state index contributed by atoms with van der Waals surface area (Å²) in [5.74, 6) is -1.41. The molecule has 3 aliphatic rings. The van der Waals surface area contributed by atoms with Gasteiger partial charge < -0.3 is 34.0 Å². The molecule has 0 unspecified atom stereocenters. The maximum Gasteiger partial charge on any atom is 0.416 e. The van der Waals surface area contributed by atoms with E-state index in [4.69, 9.17) is 18.6 Å². The van der Waals surface area contributed by atoms with Crippen molar-refractivity contribution in [2.75, 3.05) is 25.2 Å². The molecule has 2 fully saturated rings. The van der Waals surface area contributed by atoms with Crippen molar-refractivity contribution in [2.24, 2.45) is 17.3 Å². The molecule has 2 aromatic carbocycles. The average molecular weight is 848 g/mol. The third-order valence-corrected chi connectivity index (χ3v) is 18.8. The van der Waals surface area contributed by atoms with Gasteiger partial charge in [-0.05, 0) is 71.3 Å². The zero-order chi connectivity index (χ0) is 44.3. The normalized spacial score (nSPS) is 19.1. The fourth-order valence-corrected chi connectivity index (χ4v) is 14.5. The largest absolute Gasteiger partial charge is 0.540 e. The summed E-state index contributed by atoms with van der Waals surface area (Å²) in [4.78, 5) is 69.9. The Labute approximate surface area is 356 Å². The van der Waals surface area contributed by atoms with E-state index >= 15 is 0 Å². The highest BCUT2D eigenvalue weighted by atomic mass is 28.4. The molecule has 2 heterocycles. The molecule has 3 amide bonds. The van der Waals surface area contributed by atoms with E-state index in [1.165, 1.54) is 18.1 Å². The first-order valence-corrected chi connectivity index (χ1v) is 23.5. The summed E-state index contributed by atoms with van der Waals surface area (Å²) in [6, 6.07) is 8.89. The first kappa shape index (κ1) is 46.4. The monoisotopic (exact) mass is 847 g/mol. The second kappa shape index (κ2) is 18.9. The Kier molecular flexibility index (Phi) is 14.6. The molecule has 0 bridgehead atoms. The van der Waals surface area contributed by atoms with Crippen LogP contribution < -0.4 is 19.4 Å². The molecule has 0 radical (unpaired) electrons. The Balaban J connectivity index is 1.33. The minimum atomic E-state index is -2.53. The fraction of sp³-hybridized carbons (Fsp3) is 0.587. The number of aliphatic hydroxyl groups is 1. The van der Waals surface area contributed by atoms with E-state index in [0.29, 0.717) is 35.6 Å². The van der Waals surface area contributed by atoms with Gasteiger partial charge in [-0.2, -0.15) is 0 Å². The number of anilines is 1. The molecule has 60 heavy (non-hydrogen) atoms. The van der Waals surface area contributed by atoms with Crippen LogP contribution in [-0.2, 0) is 36.9 Å². The van der Waals surface area contributed by atoms with E-state index in [9.17, 15) is 29.1 Å². The molecule has 13 nitrogen and oxygen atoms in total. The van der Waals surface area contributed by atoms with E-state index in [1.54, 1.807) is 48.2 Å². The van der Waals surface area contributed by atoms with Crippen molar-refractivity contribution >= 4 is 43.7 Å². The number of amides is 3. The van der Waals surface area contributed by atoms with E-state index < -0.39 is 50.5 Å². The van der Waals surface area contributed by atoms with Crippen molar-refractivity contribution < 1.29 is 47.7 Å². The second-order valence-electron chi connectivity index (χ2n) is 18.2. The number of benzene rings is 2. The van der Waals surface area contributed by atoms with Gasteiger partial charge in [0.15, 0.2) is 17.8 Å². The van der Waals surface area contributed by atoms with Gasteiger partial charge in [-0.25, -0.2) is 9.69 Å². The minimum absolute atomic E-state index is 0.0435. The Bertz CT molecular complexity index is 1900. The number of ketones is 1. The smallest absolute Gasteiger partial charge is 0.416 e. The SMILES string of the molecule is C=CCOC(=O)C[C@H](C(=O)N[C@@H](C)C(=O)Cc1ccc(COC(=O)N2c3cc(O[Si](C(C)C)(C(C)C)C(C)C)c(OC)cc3C(=O)N3CC4(CC4)C[C@H]3[C@@H]2O)cc1)C(C)C. The van der Waals surface area contributed by atoms with Crippen LogP contribution in [0.5, 0.6) is 11.5 Å². The van der Waals surface area contributed by atoms with Gasteiger partial charge in [0.1, 0.15) is 19.0 Å². The maximum absolute atomic E-state index is 14.3. The zero-order valence-electron chi connectivity index (χ0n) is 37.0. The van der Waals surface area contributed by atoms with E-state index in [2.05, 4.69) is 53.4 Å². The lowest BCUT2D eigenvalue weighted by atomic mass is 9.91. The number of aliphatic hydroxyl groups excluding tert-OH is 1. The number of hydrogen-bond acceptors (Lipinski definition) is 10. The molecule has 5 rings (SSSR count). The molecule has 4 atom stereocenters. The second-order valence-corrected chi connectivity index (χ2v) is 23.6. The van der Waals surface area contributed by atoms with Gasteiger partial charge in [-0.1, -0.05) is 92.3 Å². The lowest BCUT2D eigenvalue weighted by molar-refractivity contribution is -0.146. The summed E-state index contributed by atoms with van der Waals surface area (Å²) in [5.41, 5.74) is 2.42. The molecule has 1 saturated carbocycles. The standard InChI is InChI=1S/C46H65N3O10Si/c1-12-19-57-41(51)22-34(27(2)3)42(52)47-31(10)38(50)20-32-13-15-33(16-14-32)25-58-45(55)49-36-23-40(59-60(28(4)5,29(6)7)30(8)9)39(56-11)21-35(36)43(53)48-26-46(17-18-46)24-37(48)44(49)54/h12-16,21,23,27-31,34,37,44,54H,1,17-20,22,24-26H2,2-11H3,(H,47,52)/t31-,34-,37-,44-/m0/s1. The van der Waals surface area contributed by atoms with Gasteiger partial charge in [0.05, 0.1) is 42.8 Å². The van der Waals surface area contributed by atoms with Crippen molar-refractivity contribution in [3.63, 3.8) is 0 Å². The van der Waals surface area contributed by atoms with E-state index in [0.717, 1.165) is 12.8 Å². The highest BCUT2D eigenvalue weighted by Crippen LogP contribution is 2.57. The molecular formula is C46H65N3O10Si. The van der Waals surface area contributed by atoms with Gasteiger partial charge in [0, 0.05) is 19.0 Å². The summed E-state index contributed by atoms with van der Waals surface area (Å²) in [7, 11) is -0.991. The highest BCUT2D eigenvalue weighted by molar-refractivity contribution is 6.78. The first-order chi connectivity index (χ1) is 28.3. The van der Waals surface area contributed by atoms with Crippen LogP contribution >= 0.6 is 0 Å². The molecule has 1 spiro atoms. The van der Waals surface area contributed by atoms with E-state index in [-0.39, 0.29) is 77.0 Å². The lowest BCUT2D eigenvalue weighted by Crippen LogP contribution is -2.51. The van der Waals surface area contributed by atoms with Gasteiger partial charge in [-0.3, -0.25) is 19.2 Å². The first-order valence-electron chi connectivity index (χ1n) is 21.3. The zero-order valence-corrected chi connectivity index (χ0v) is 38.0. The quantitative estimate of drug-likeness (QED) is 0.0864. The molecule has 328 valence electrons. The lowest BCUT2D eigenvalue weighted by Gasteiger charge is -2.42. The number of esters is 1. The number of rotatable bonds is 18. The van der Waals surface area contributed by atoms with Crippen LogP contribution in [0, 0.1) is 17.3 Å². The van der Waals surface area contributed by atoms with Crippen LogP contribution in [-0.4, -0.2) is 86.6 Å². The maximum atomic E-state index is 14.3. The number of hydrogen-bond donors (Lipinski definition) is 2. The fourth-order valence-electron chi connectivity index (χ4n) is 9.25. The molecular weight excluding hydrogens is 783 g/mol. The summed E-state index contributed by atoms with van der Waals surface area (Å²) >= 11 is 0. The van der Waals surface area contributed by atoms with Crippen LogP contribution in [0.3, 0.4) is 0 Å². The molecule has 1 aliphatic carbocycles. The van der Waals surface area contributed by atoms with Gasteiger partial charge >= 0.3 is 12.1 Å². The van der Waals surface area contributed by atoms with Crippen molar-refractivity contribution in [3.8, 4) is 11.5 Å². The topological polar surface area (TPSA) is 161 Å². The van der Waals surface area contributed by atoms with Gasteiger partial charge in [0.25, 0.3) is 14.2 Å². The molecule has 14 heteroatoms. The van der Waals surface area contributed by atoms with Crippen molar-refractivity contribution in [2.45, 2.75) is 136 Å². The molecule has 0 aromatic heterocycles. The van der Waals surface area contributed by atoms with Crippen molar-refractivity contribution in [3.05, 3.63) is 65.7 Å². The van der Waals surface area contributed by atoms with Gasteiger partial charge in [-0.15, -0.1) is 0 Å². The Hall–Kier alpha value is -4.69. The number of methoxy groups -OCH3 is 1. The molecule has 1 saturated heterocycles. The summed E-state index contributed by atoms with van der Waals surface area (Å²) in [6.07, 6.45) is 1.71. The predicted octanol–water partition coefficient (Wildman–Crippen LogP) is 7.73. The van der Waals surface area contributed by atoms with Crippen molar-refractivity contribution in [1.29, 1.82) is 0 Å². The summed E-state index contributed by atoms with van der Waals surface area (Å²) in [5, 5.41) is 14.8. The van der Waals surface area contributed by atoms with Crippen LogP contribution in [0.1, 0.15) is 109 Å². The molecule has 2 aromatic rings. The van der Waals surface area contributed by atoms with Crippen LogP contribution in [0.15, 0.2) is 49.1 Å².